The Bertz CT molecular complexity index is 3200. The Labute approximate surface area is 328 Å². The van der Waals surface area contributed by atoms with Crippen LogP contribution in [0.25, 0.3) is 88.0 Å². The molecule has 0 bridgehead atoms. The third kappa shape index (κ3) is 5.02. The molecule has 2 heterocycles. The number of rotatable bonds is 4. The Kier molecular flexibility index (Phi) is 7.11. The van der Waals surface area contributed by atoms with Crippen LogP contribution in [0, 0.1) is 0 Å². The maximum Gasteiger partial charge on any atom is 0.0541 e. The third-order valence-corrected chi connectivity index (χ3v) is 13.0. The van der Waals surface area contributed by atoms with Crippen molar-refractivity contribution in [2.75, 3.05) is 0 Å². The van der Waals surface area contributed by atoms with Crippen LogP contribution in [-0.2, 0) is 10.8 Å². The van der Waals surface area contributed by atoms with Crippen LogP contribution in [0.15, 0.2) is 170 Å². The average Bonchev–Trinajstić information content (AvgIpc) is 3.74. The lowest BCUT2D eigenvalue weighted by atomic mass is 9.63. The van der Waals surface area contributed by atoms with E-state index in [1.54, 1.807) is 0 Å². The minimum absolute atomic E-state index is 0.147. The number of benzene rings is 8. The lowest BCUT2D eigenvalue weighted by Gasteiger charge is -2.42. The Hall–Kier alpha value is -6.38. The Morgan fingerprint density at radius 1 is 0.339 bits per heavy atom. The fourth-order valence-electron chi connectivity index (χ4n) is 9.77. The van der Waals surface area contributed by atoms with Crippen molar-refractivity contribution in [2.24, 2.45) is 0 Å². The zero-order chi connectivity index (χ0) is 37.8. The number of aromatic nitrogens is 2. The van der Waals surface area contributed by atoms with Crippen LogP contribution in [0.2, 0.25) is 0 Å². The van der Waals surface area contributed by atoms with E-state index in [0.29, 0.717) is 0 Å². The molecule has 0 N–H and O–H groups in total. The van der Waals surface area contributed by atoms with Crippen molar-refractivity contribution in [3.05, 3.63) is 181 Å². The van der Waals surface area contributed by atoms with E-state index < -0.39 is 0 Å². The van der Waals surface area contributed by atoms with Crippen LogP contribution in [0.1, 0.15) is 51.7 Å². The fourth-order valence-corrected chi connectivity index (χ4v) is 9.77. The molecule has 1 aliphatic carbocycles. The van der Waals surface area contributed by atoms with E-state index in [4.69, 9.17) is 0 Å². The molecule has 1 aliphatic rings. The van der Waals surface area contributed by atoms with Crippen LogP contribution < -0.4 is 0 Å². The summed E-state index contributed by atoms with van der Waals surface area (Å²) in [6.45, 7) is 9.65. The monoisotopic (exact) mass is 720 g/mol. The quantitative estimate of drug-likeness (QED) is 0.171. The molecule has 8 aromatic carbocycles. The van der Waals surface area contributed by atoms with E-state index in [0.717, 1.165) is 5.69 Å². The Morgan fingerprint density at radius 3 is 1.50 bits per heavy atom. The van der Waals surface area contributed by atoms with Gasteiger partial charge in [-0.25, -0.2) is 0 Å². The summed E-state index contributed by atoms with van der Waals surface area (Å²) in [4.78, 5) is 0. The molecule has 0 aliphatic heterocycles. The predicted molar refractivity (Wildman–Crippen MR) is 239 cm³/mol. The van der Waals surface area contributed by atoms with Crippen molar-refractivity contribution in [1.29, 1.82) is 0 Å². The molecule has 270 valence electrons. The van der Waals surface area contributed by atoms with Gasteiger partial charge >= 0.3 is 0 Å². The highest BCUT2D eigenvalue weighted by molar-refractivity contribution is 6.12. The standard InChI is InChI=1S/C54H44N2/c1-53(2)28-29-54(3,4)48-34-42(24-25-47(48)53)56-50-19-10-8-17-44(50)46-33-40(23-27-52(46)56)39-22-26-51-45(32-39)43-16-7-9-18-49(43)55(51)41-15-11-14-37(31-41)38-21-20-35-12-5-6-13-36(35)30-38/h5-27,30-34H,28-29H2,1-4H3. The van der Waals surface area contributed by atoms with Gasteiger partial charge < -0.3 is 9.13 Å². The van der Waals surface area contributed by atoms with Crippen molar-refractivity contribution in [3.8, 4) is 33.6 Å². The van der Waals surface area contributed by atoms with Crippen molar-refractivity contribution in [1.82, 2.24) is 9.13 Å². The molecule has 0 amide bonds. The first-order valence-electron chi connectivity index (χ1n) is 20.1. The minimum atomic E-state index is 0.147. The zero-order valence-electron chi connectivity index (χ0n) is 32.5. The summed E-state index contributed by atoms with van der Waals surface area (Å²) in [6, 6.07) is 63.4. The molecule has 2 heteroatoms. The first kappa shape index (κ1) is 33.0. The van der Waals surface area contributed by atoms with E-state index in [9.17, 15) is 0 Å². The zero-order valence-corrected chi connectivity index (χ0v) is 32.5. The van der Waals surface area contributed by atoms with Crippen LogP contribution >= 0.6 is 0 Å². The molecule has 0 saturated carbocycles. The highest BCUT2D eigenvalue weighted by atomic mass is 15.0. The van der Waals surface area contributed by atoms with Crippen LogP contribution in [0.3, 0.4) is 0 Å². The molecule has 0 atom stereocenters. The van der Waals surface area contributed by atoms with E-state index in [-0.39, 0.29) is 10.8 Å². The Morgan fingerprint density at radius 2 is 0.839 bits per heavy atom. The largest absolute Gasteiger partial charge is 0.309 e. The van der Waals surface area contributed by atoms with E-state index in [1.165, 1.54) is 106 Å². The van der Waals surface area contributed by atoms with Crippen molar-refractivity contribution in [2.45, 2.75) is 51.4 Å². The van der Waals surface area contributed by atoms with Crippen LogP contribution in [-0.4, -0.2) is 9.13 Å². The SMILES string of the molecule is CC1(C)CCC(C)(C)c2cc(-n3c4ccccc4c4cc(-c5ccc6c(c5)c5ccccc5n6-c5cccc(-c6ccc7ccccc7c6)c5)ccc43)ccc21. The number of hydrogen-bond donors (Lipinski definition) is 0. The lowest BCUT2D eigenvalue weighted by Crippen LogP contribution is -2.33. The number of nitrogens with zero attached hydrogens (tertiary/aromatic N) is 2. The number of para-hydroxylation sites is 2. The van der Waals surface area contributed by atoms with Crippen molar-refractivity contribution >= 4 is 54.4 Å². The van der Waals surface area contributed by atoms with Gasteiger partial charge in [0.2, 0.25) is 0 Å². The van der Waals surface area contributed by atoms with E-state index in [2.05, 4.69) is 207 Å². The summed E-state index contributed by atoms with van der Waals surface area (Å²) in [6.07, 6.45) is 2.42. The van der Waals surface area contributed by atoms with Crippen LogP contribution in [0.5, 0.6) is 0 Å². The second-order valence-electron chi connectivity index (χ2n) is 17.3. The number of fused-ring (bicyclic) bond motifs is 8. The van der Waals surface area contributed by atoms with Gasteiger partial charge in [0.15, 0.2) is 0 Å². The molecule has 0 fully saturated rings. The van der Waals surface area contributed by atoms with Crippen LogP contribution in [0.4, 0.5) is 0 Å². The molecule has 0 spiro atoms. The van der Waals surface area contributed by atoms with Gasteiger partial charge in [0, 0.05) is 32.9 Å². The second-order valence-corrected chi connectivity index (χ2v) is 17.3. The van der Waals surface area contributed by atoms with Gasteiger partial charge in [0.25, 0.3) is 0 Å². The highest BCUT2D eigenvalue weighted by Gasteiger charge is 2.37. The molecule has 11 rings (SSSR count). The molecule has 56 heavy (non-hydrogen) atoms. The highest BCUT2D eigenvalue weighted by Crippen LogP contribution is 2.47. The topological polar surface area (TPSA) is 9.86 Å². The van der Waals surface area contributed by atoms with Gasteiger partial charge in [-0.2, -0.15) is 0 Å². The molecule has 2 nitrogen and oxygen atoms in total. The lowest BCUT2D eigenvalue weighted by molar-refractivity contribution is 0.332. The summed E-state index contributed by atoms with van der Waals surface area (Å²) < 4.78 is 4.91. The minimum Gasteiger partial charge on any atom is -0.309 e. The maximum atomic E-state index is 2.48. The molecule has 0 unspecified atom stereocenters. The van der Waals surface area contributed by atoms with Crippen molar-refractivity contribution < 1.29 is 0 Å². The van der Waals surface area contributed by atoms with Gasteiger partial charge in [-0.05, 0) is 135 Å². The van der Waals surface area contributed by atoms with E-state index in [1.807, 2.05) is 0 Å². The average molecular weight is 721 g/mol. The molecule has 0 radical (unpaired) electrons. The van der Waals surface area contributed by atoms with Gasteiger partial charge in [0.1, 0.15) is 0 Å². The predicted octanol–water partition coefficient (Wildman–Crippen LogP) is 14.7. The summed E-state index contributed by atoms with van der Waals surface area (Å²) in [5.41, 5.74) is 15.5. The fraction of sp³-hybridized carbons (Fsp3) is 0.148. The maximum absolute atomic E-state index is 2.48. The summed E-state index contributed by atoms with van der Waals surface area (Å²) >= 11 is 0. The molecule has 10 aromatic rings. The summed E-state index contributed by atoms with van der Waals surface area (Å²) in [5.74, 6) is 0. The van der Waals surface area contributed by atoms with E-state index >= 15 is 0 Å². The molecule has 2 aromatic heterocycles. The van der Waals surface area contributed by atoms with Gasteiger partial charge in [-0.3, -0.25) is 0 Å². The molecule has 0 saturated heterocycles. The molecular formula is C54H44N2. The Balaban J connectivity index is 1.04. The summed E-state index contributed by atoms with van der Waals surface area (Å²) in [5, 5.41) is 7.61. The van der Waals surface area contributed by atoms with Gasteiger partial charge in [0.05, 0.1) is 22.1 Å². The van der Waals surface area contributed by atoms with Gasteiger partial charge in [-0.15, -0.1) is 0 Å². The summed E-state index contributed by atoms with van der Waals surface area (Å²) in [7, 11) is 0. The van der Waals surface area contributed by atoms with Gasteiger partial charge in [-0.1, -0.05) is 131 Å². The molecular weight excluding hydrogens is 677 g/mol. The second kappa shape index (κ2) is 12.1. The van der Waals surface area contributed by atoms with Crippen molar-refractivity contribution in [3.63, 3.8) is 0 Å². The third-order valence-electron chi connectivity index (χ3n) is 13.0. The number of hydrogen-bond acceptors (Lipinski definition) is 0. The first-order valence-corrected chi connectivity index (χ1v) is 20.1. The normalized spacial score (nSPS) is 14.9. The smallest absolute Gasteiger partial charge is 0.0541 e. The first-order chi connectivity index (χ1) is 27.2.